The Balaban J connectivity index is -0.0000000521. The molecule has 0 amide bonds. The number of carboxylic acids is 5. The zero-order valence-corrected chi connectivity index (χ0v) is 28.1. The standard InChI is InChI=1S/C5H8O4.C5H10O2.C4H6O4.6C2H7NO/c6-4(7)2-1-3-5(8)9;1-2-3-4-5(6)7;5-3(6)1-2-4(7)8;6*3-1-2-4/h1-3H2,(H,6,7)(H,8,9);2-4H2,1H3,(H,6,7);1-2H2,(H,5,6)(H,7,8);6*4H,1-3H2. The number of carboxylic acid groups (broad SMARTS) is 5. The molecule has 0 bridgehead atoms. The first-order valence-electron chi connectivity index (χ1n) is 14.5. The monoisotopic (exact) mass is 718 g/mol. The molecular formula is C26H66N6O16. The minimum absolute atomic E-state index is 0.0632. The summed E-state index contributed by atoms with van der Waals surface area (Å²) in [5.74, 6) is -4.74. The van der Waals surface area contributed by atoms with Crippen LogP contribution in [0.15, 0.2) is 0 Å². The highest BCUT2D eigenvalue weighted by molar-refractivity contribution is 5.75. The van der Waals surface area contributed by atoms with E-state index in [1.807, 2.05) is 6.92 Å². The Bertz CT molecular complexity index is 540. The number of nitrogens with two attached hydrogens (primary N) is 6. The highest BCUT2D eigenvalue weighted by Crippen LogP contribution is 1.93. The molecule has 0 unspecified atom stereocenters. The Kier molecular flexibility index (Phi) is 111. The fourth-order valence-electron chi connectivity index (χ4n) is 0.933. The molecular weight excluding hydrogens is 652 g/mol. The predicted molar refractivity (Wildman–Crippen MR) is 178 cm³/mol. The van der Waals surface area contributed by atoms with Crippen molar-refractivity contribution in [3.63, 3.8) is 0 Å². The van der Waals surface area contributed by atoms with Crippen LogP contribution >= 0.6 is 0 Å². The van der Waals surface area contributed by atoms with Gasteiger partial charge in [0.2, 0.25) is 0 Å². The third-order valence-corrected chi connectivity index (χ3v) is 2.85. The molecule has 0 aromatic carbocycles. The molecule has 22 heteroatoms. The van der Waals surface area contributed by atoms with Crippen LogP contribution in [-0.4, -0.2) is 165 Å². The van der Waals surface area contributed by atoms with Crippen LogP contribution in [0.25, 0.3) is 0 Å². The van der Waals surface area contributed by atoms with Gasteiger partial charge in [-0.15, -0.1) is 0 Å². The molecule has 0 atom stereocenters. The fraction of sp³-hybridized carbons (Fsp3) is 0.808. The molecule has 0 saturated heterocycles. The summed E-state index contributed by atoms with van der Waals surface area (Å²) in [6, 6.07) is 0. The summed E-state index contributed by atoms with van der Waals surface area (Å²) in [5, 5.41) is 86.4. The maximum absolute atomic E-state index is 9.79. The highest BCUT2D eigenvalue weighted by atomic mass is 16.4. The highest BCUT2D eigenvalue weighted by Gasteiger charge is 2.00. The Morgan fingerprint density at radius 3 is 0.583 bits per heavy atom. The lowest BCUT2D eigenvalue weighted by atomic mass is 10.2. The van der Waals surface area contributed by atoms with E-state index in [-0.39, 0.29) is 71.7 Å². The Labute approximate surface area is 281 Å². The summed E-state index contributed by atoms with van der Waals surface area (Å²) in [6.45, 7) is 4.81. The number of aliphatic carboxylic acids is 5. The molecule has 23 N–H and O–H groups in total. The van der Waals surface area contributed by atoms with Gasteiger partial charge in [-0.05, 0) is 12.8 Å². The minimum Gasteiger partial charge on any atom is -0.481 e. The van der Waals surface area contributed by atoms with Crippen molar-refractivity contribution in [1.29, 1.82) is 0 Å². The number of hydrogen-bond donors (Lipinski definition) is 17. The van der Waals surface area contributed by atoms with Gasteiger partial charge in [-0.3, -0.25) is 24.0 Å². The van der Waals surface area contributed by atoms with E-state index < -0.39 is 29.8 Å². The molecule has 0 heterocycles. The van der Waals surface area contributed by atoms with Crippen LogP contribution in [0.4, 0.5) is 0 Å². The normalized spacial score (nSPS) is 8.10. The molecule has 296 valence electrons. The fourth-order valence-corrected chi connectivity index (χ4v) is 0.933. The van der Waals surface area contributed by atoms with Crippen LogP contribution in [0, 0.1) is 0 Å². The van der Waals surface area contributed by atoms with E-state index in [0.29, 0.717) is 45.7 Å². The lowest BCUT2D eigenvalue weighted by Crippen LogP contribution is -2.02. The van der Waals surface area contributed by atoms with Crippen molar-refractivity contribution in [2.45, 2.75) is 58.3 Å². The summed E-state index contributed by atoms with van der Waals surface area (Å²) < 4.78 is 0. The van der Waals surface area contributed by atoms with Crippen LogP contribution in [0.1, 0.15) is 58.3 Å². The first-order valence-corrected chi connectivity index (χ1v) is 14.5. The smallest absolute Gasteiger partial charge is 0.303 e. The van der Waals surface area contributed by atoms with Crippen LogP contribution in [-0.2, 0) is 24.0 Å². The third-order valence-electron chi connectivity index (χ3n) is 2.85. The van der Waals surface area contributed by atoms with Gasteiger partial charge < -0.3 is 90.6 Å². The summed E-state index contributed by atoms with van der Waals surface area (Å²) in [5.41, 5.74) is 28.7. The lowest BCUT2D eigenvalue weighted by molar-refractivity contribution is -0.143. The van der Waals surface area contributed by atoms with Gasteiger partial charge in [0.1, 0.15) is 0 Å². The van der Waals surface area contributed by atoms with Crippen LogP contribution in [0.3, 0.4) is 0 Å². The second-order valence-electron chi connectivity index (χ2n) is 7.50. The van der Waals surface area contributed by atoms with Gasteiger partial charge in [-0.2, -0.15) is 0 Å². The average Bonchev–Trinajstić information content (AvgIpc) is 3.07. The molecule has 0 saturated carbocycles. The van der Waals surface area contributed by atoms with E-state index in [0.717, 1.165) is 12.8 Å². The Morgan fingerprint density at radius 2 is 0.500 bits per heavy atom. The molecule has 22 nitrogen and oxygen atoms in total. The summed E-state index contributed by atoms with van der Waals surface area (Å²) in [4.78, 5) is 48.6. The second-order valence-corrected chi connectivity index (χ2v) is 7.50. The van der Waals surface area contributed by atoms with E-state index in [1.54, 1.807) is 0 Å². The van der Waals surface area contributed by atoms with Gasteiger partial charge in [0.25, 0.3) is 0 Å². The first kappa shape index (κ1) is 67.1. The van der Waals surface area contributed by atoms with Gasteiger partial charge in [0.05, 0.1) is 52.5 Å². The van der Waals surface area contributed by atoms with E-state index in [4.69, 9.17) is 90.6 Å². The molecule has 0 aliphatic carbocycles. The average molecular weight is 719 g/mol. The third kappa shape index (κ3) is 235. The molecule has 0 radical (unpaired) electrons. The maximum atomic E-state index is 9.79. The number of unbranched alkanes of at least 4 members (excludes halogenated alkanes) is 1. The quantitative estimate of drug-likeness (QED) is 0.0711. The Morgan fingerprint density at radius 1 is 0.354 bits per heavy atom. The lowest BCUT2D eigenvalue weighted by Gasteiger charge is -1.89. The molecule has 0 spiro atoms. The molecule has 0 fully saturated rings. The van der Waals surface area contributed by atoms with Crippen molar-refractivity contribution in [3.05, 3.63) is 0 Å². The van der Waals surface area contributed by atoms with E-state index in [9.17, 15) is 24.0 Å². The SMILES string of the molecule is CCCCC(=O)O.NCCO.NCCO.NCCO.NCCO.NCCO.NCCO.O=C(O)CCC(=O)O.O=C(O)CCCC(=O)O. The molecule has 0 aromatic heterocycles. The Hall–Kier alpha value is -3.13. The summed E-state index contributed by atoms with van der Waals surface area (Å²) in [7, 11) is 0. The topological polar surface area (TPSA) is 464 Å². The molecule has 0 aromatic rings. The number of rotatable bonds is 16. The van der Waals surface area contributed by atoms with Crippen LogP contribution in [0.2, 0.25) is 0 Å². The van der Waals surface area contributed by atoms with Gasteiger partial charge in [0.15, 0.2) is 0 Å². The van der Waals surface area contributed by atoms with Gasteiger partial charge in [-0.25, -0.2) is 0 Å². The van der Waals surface area contributed by atoms with Crippen LogP contribution < -0.4 is 34.4 Å². The molecule has 0 aliphatic heterocycles. The minimum atomic E-state index is -1.08. The van der Waals surface area contributed by atoms with Crippen molar-refractivity contribution in [2.24, 2.45) is 34.4 Å². The van der Waals surface area contributed by atoms with Crippen molar-refractivity contribution in [1.82, 2.24) is 0 Å². The second kappa shape index (κ2) is 79.4. The van der Waals surface area contributed by atoms with Gasteiger partial charge >= 0.3 is 29.8 Å². The molecule has 0 aliphatic rings. The van der Waals surface area contributed by atoms with Gasteiger partial charge in [-0.1, -0.05) is 13.3 Å². The largest absolute Gasteiger partial charge is 0.481 e. The van der Waals surface area contributed by atoms with Gasteiger partial charge in [0, 0.05) is 58.5 Å². The maximum Gasteiger partial charge on any atom is 0.303 e. The zero-order valence-electron chi connectivity index (χ0n) is 28.1. The number of aliphatic hydroxyl groups excluding tert-OH is 6. The first-order chi connectivity index (χ1) is 22.5. The summed E-state index contributed by atoms with van der Waals surface area (Å²) in [6.07, 6.45) is 1.58. The molecule has 0 rings (SSSR count). The molecule has 48 heavy (non-hydrogen) atoms. The number of hydrogen-bond acceptors (Lipinski definition) is 17. The summed E-state index contributed by atoms with van der Waals surface area (Å²) >= 11 is 0. The van der Waals surface area contributed by atoms with Crippen LogP contribution in [0.5, 0.6) is 0 Å². The number of carbonyl (C=O) groups is 5. The van der Waals surface area contributed by atoms with E-state index >= 15 is 0 Å². The van der Waals surface area contributed by atoms with E-state index in [2.05, 4.69) is 0 Å². The predicted octanol–water partition coefficient (Wildman–Crippen LogP) is -4.85. The van der Waals surface area contributed by atoms with Crippen molar-refractivity contribution in [2.75, 3.05) is 78.9 Å². The van der Waals surface area contributed by atoms with Crippen molar-refractivity contribution in [3.8, 4) is 0 Å². The zero-order chi connectivity index (χ0) is 40.0. The van der Waals surface area contributed by atoms with Crippen molar-refractivity contribution < 1.29 is 80.1 Å². The van der Waals surface area contributed by atoms with Crippen molar-refractivity contribution >= 4 is 29.8 Å². The number of aliphatic hydroxyl groups is 6. The van der Waals surface area contributed by atoms with E-state index in [1.165, 1.54) is 0 Å².